The van der Waals surface area contributed by atoms with Gasteiger partial charge in [0.25, 0.3) is 0 Å². The van der Waals surface area contributed by atoms with Crippen LogP contribution in [-0.4, -0.2) is 27.3 Å². The Hall–Kier alpha value is -0.580. The molecule has 2 rings (SSSR count). The lowest BCUT2D eigenvalue weighted by molar-refractivity contribution is 0.292. The van der Waals surface area contributed by atoms with E-state index in [0.29, 0.717) is 11.6 Å². The van der Waals surface area contributed by atoms with Crippen molar-refractivity contribution < 1.29 is 5.11 Å². The molecule has 0 bridgehead atoms. The molecule has 0 radical (unpaired) electrons. The van der Waals surface area contributed by atoms with Crippen LogP contribution in [0.3, 0.4) is 0 Å². The highest BCUT2D eigenvalue weighted by Gasteiger charge is 2.21. The third kappa shape index (κ3) is 1.65. The first-order chi connectivity index (χ1) is 6.72. The van der Waals surface area contributed by atoms with Gasteiger partial charge >= 0.3 is 0 Å². The predicted octanol–water partition coefficient (Wildman–Crippen LogP) is 0.345. The van der Waals surface area contributed by atoms with E-state index in [9.17, 15) is 0 Å². The van der Waals surface area contributed by atoms with Crippen molar-refractivity contribution in [3.05, 3.63) is 16.7 Å². The smallest absolute Gasteiger partial charge is 0.150 e. The Kier molecular flexibility index (Phi) is 2.76. The van der Waals surface area contributed by atoms with Gasteiger partial charge in [0.2, 0.25) is 0 Å². The minimum absolute atomic E-state index is 0.0992. The van der Waals surface area contributed by atoms with E-state index < -0.39 is 0 Å². The number of rotatable bonds is 2. The molecule has 0 aromatic carbocycles. The number of aliphatic hydroxyl groups is 1. The summed E-state index contributed by atoms with van der Waals surface area (Å²) < 4.78 is 2.05. The van der Waals surface area contributed by atoms with Crippen LogP contribution in [0.1, 0.15) is 17.9 Å². The molecule has 1 unspecified atom stereocenters. The number of imidazole rings is 1. The molecule has 1 aromatic rings. The van der Waals surface area contributed by atoms with Crippen molar-refractivity contribution in [2.24, 2.45) is 5.73 Å². The van der Waals surface area contributed by atoms with Gasteiger partial charge in [0, 0.05) is 19.0 Å². The minimum atomic E-state index is 0.0992. The molecule has 1 atom stereocenters. The molecule has 0 saturated heterocycles. The molecular formula is C9H14ClN3O. The molecule has 0 saturated carbocycles. The van der Waals surface area contributed by atoms with Crippen molar-refractivity contribution >= 4 is 11.6 Å². The second-order valence-corrected chi connectivity index (χ2v) is 4.01. The Balaban J connectivity index is 2.34. The van der Waals surface area contributed by atoms with E-state index in [1.807, 2.05) is 4.57 Å². The topological polar surface area (TPSA) is 64.1 Å². The molecule has 1 aromatic heterocycles. The van der Waals surface area contributed by atoms with Crippen LogP contribution in [0.25, 0.3) is 0 Å². The van der Waals surface area contributed by atoms with Crippen LogP contribution in [0.5, 0.6) is 0 Å². The average molecular weight is 216 g/mol. The fourth-order valence-corrected chi connectivity index (χ4v) is 2.19. The summed E-state index contributed by atoms with van der Waals surface area (Å²) in [5.74, 6) is 0.850. The van der Waals surface area contributed by atoms with Gasteiger partial charge in [0.1, 0.15) is 5.82 Å². The summed E-state index contributed by atoms with van der Waals surface area (Å²) in [7, 11) is 0. The van der Waals surface area contributed by atoms with E-state index in [0.717, 1.165) is 30.9 Å². The molecule has 3 N–H and O–H groups in total. The first-order valence-corrected chi connectivity index (χ1v) is 5.20. The molecule has 5 heteroatoms. The van der Waals surface area contributed by atoms with Crippen LogP contribution < -0.4 is 5.73 Å². The molecule has 4 nitrogen and oxygen atoms in total. The highest BCUT2D eigenvalue weighted by molar-refractivity contribution is 6.30. The molecule has 2 heterocycles. The third-order valence-electron chi connectivity index (χ3n) is 2.61. The molecule has 0 aliphatic carbocycles. The van der Waals surface area contributed by atoms with Crippen molar-refractivity contribution in [3.8, 4) is 0 Å². The Morgan fingerprint density at radius 1 is 1.64 bits per heavy atom. The number of nitrogens with zero attached hydrogens (tertiary/aromatic N) is 2. The number of fused-ring (bicyclic) bond motifs is 1. The fraction of sp³-hybridized carbons (Fsp3) is 0.667. The zero-order valence-electron chi connectivity index (χ0n) is 7.91. The van der Waals surface area contributed by atoms with Crippen molar-refractivity contribution in [2.75, 3.05) is 6.61 Å². The molecule has 1 aliphatic heterocycles. The van der Waals surface area contributed by atoms with Gasteiger partial charge in [-0.2, -0.15) is 0 Å². The van der Waals surface area contributed by atoms with Gasteiger partial charge in [-0.1, -0.05) is 11.6 Å². The lowest BCUT2D eigenvalue weighted by atomic mass is 10.1. The average Bonchev–Trinajstić information content (AvgIpc) is 2.44. The Morgan fingerprint density at radius 3 is 3.14 bits per heavy atom. The summed E-state index contributed by atoms with van der Waals surface area (Å²) in [6.45, 7) is 0.867. The van der Waals surface area contributed by atoms with Gasteiger partial charge in [-0.15, -0.1) is 0 Å². The van der Waals surface area contributed by atoms with Crippen LogP contribution in [0.15, 0.2) is 0 Å². The molecular weight excluding hydrogens is 202 g/mol. The summed E-state index contributed by atoms with van der Waals surface area (Å²) in [4.78, 5) is 4.23. The molecule has 1 aliphatic rings. The lowest BCUT2D eigenvalue weighted by Gasteiger charge is -2.22. The summed E-state index contributed by atoms with van der Waals surface area (Å²) >= 11 is 5.99. The zero-order valence-corrected chi connectivity index (χ0v) is 8.67. The fourth-order valence-electron chi connectivity index (χ4n) is 1.90. The maximum Gasteiger partial charge on any atom is 0.150 e. The van der Waals surface area contributed by atoms with Crippen LogP contribution >= 0.6 is 11.6 Å². The number of hydrogen-bond donors (Lipinski definition) is 2. The van der Waals surface area contributed by atoms with E-state index in [1.165, 1.54) is 0 Å². The summed E-state index contributed by atoms with van der Waals surface area (Å²) in [6.07, 6.45) is 2.40. The van der Waals surface area contributed by atoms with E-state index in [4.69, 9.17) is 22.4 Å². The summed E-state index contributed by atoms with van der Waals surface area (Å²) in [6, 6.07) is 0.185. The Labute approximate surface area is 87.7 Å². The van der Waals surface area contributed by atoms with Crippen LogP contribution in [0.2, 0.25) is 5.15 Å². The van der Waals surface area contributed by atoms with Gasteiger partial charge in [0.15, 0.2) is 5.15 Å². The SMILES string of the molecule is NC1CCc2c(Cl)nc(CCO)n2C1. The van der Waals surface area contributed by atoms with E-state index in [-0.39, 0.29) is 12.6 Å². The zero-order chi connectivity index (χ0) is 10.1. The maximum atomic E-state index is 8.87. The normalized spacial score (nSPS) is 20.9. The standard InChI is InChI=1S/C9H14ClN3O/c10-9-7-2-1-6(11)5-13(7)8(12-9)3-4-14/h6,14H,1-5,11H2. The van der Waals surface area contributed by atoms with Crippen molar-refractivity contribution in [3.63, 3.8) is 0 Å². The van der Waals surface area contributed by atoms with Crippen molar-refractivity contribution in [1.29, 1.82) is 0 Å². The Bertz CT molecular complexity index is 337. The minimum Gasteiger partial charge on any atom is -0.396 e. The van der Waals surface area contributed by atoms with Crippen molar-refractivity contribution in [2.45, 2.75) is 31.8 Å². The highest BCUT2D eigenvalue weighted by atomic mass is 35.5. The third-order valence-corrected chi connectivity index (χ3v) is 2.91. The number of hydrogen-bond acceptors (Lipinski definition) is 3. The summed E-state index contributed by atoms with van der Waals surface area (Å²) in [5, 5.41) is 9.44. The second kappa shape index (κ2) is 3.88. The van der Waals surface area contributed by atoms with Gasteiger partial charge in [-0.3, -0.25) is 0 Å². The van der Waals surface area contributed by atoms with Gasteiger partial charge in [0.05, 0.1) is 12.3 Å². The molecule has 78 valence electrons. The van der Waals surface area contributed by atoms with Gasteiger partial charge < -0.3 is 15.4 Å². The lowest BCUT2D eigenvalue weighted by Crippen LogP contribution is -2.32. The van der Waals surface area contributed by atoms with Crippen molar-refractivity contribution in [1.82, 2.24) is 9.55 Å². The highest BCUT2D eigenvalue weighted by Crippen LogP contribution is 2.24. The van der Waals surface area contributed by atoms with Gasteiger partial charge in [-0.05, 0) is 12.8 Å². The summed E-state index contributed by atoms with van der Waals surface area (Å²) in [5.41, 5.74) is 6.94. The number of halogens is 1. The van der Waals surface area contributed by atoms with Crippen LogP contribution in [0, 0.1) is 0 Å². The van der Waals surface area contributed by atoms with Crippen LogP contribution in [-0.2, 0) is 19.4 Å². The Morgan fingerprint density at radius 2 is 2.43 bits per heavy atom. The van der Waals surface area contributed by atoms with E-state index in [1.54, 1.807) is 0 Å². The van der Waals surface area contributed by atoms with E-state index in [2.05, 4.69) is 4.98 Å². The molecule has 0 fully saturated rings. The monoisotopic (exact) mass is 215 g/mol. The molecule has 0 spiro atoms. The number of nitrogens with two attached hydrogens (primary N) is 1. The molecule has 0 amide bonds. The number of aliphatic hydroxyl groups excluding tert-OH is 1. The maximum absolute atomic E-state index is 8.87. The molecule has 14 heavy (non-hydrogen) atoms. The largest absolute Gasteiger partial charge is 0.396 e. The van der Waals surface area contributed by atoms with Gasteiger partial charge in [-0.25, -0.2) is 4.98 Å². The first-order valence-electron chi connectivity index (χ1n) is 4.82. The van der Waals surface area contributed by atoms with E-state index >= 15 is 0 Å². The quantitative estimate of drug-likeness (QED) is 0.748. The number of aromatic nitrogens is 2. The van der Waals surface area contributed by atoms with Crippen LogP contribution in [0.4, 0.5) is 0 Å². The predicted molar refractivity (Wildman–Crippen MR) is 54.3 cm³/mol. The first kappa shape index (κ1) is 9.96. The second-order valence-electron chi connectivity index (χ2n) is 3.65.